The maximum absolute atomic E-state index is 12.5. The third kappa shape index (κ3) is 2.93. The van der Waals surface area contributed by atoms with Gasteiger partial charge in [-0.1, -0.05) is 5.16 Å². The highest BCUT2D eigenvalue weighted by Crippen LogP contribution is 2.16. The number of rotatable bonds is 3. The van der Waals surface area contributed by atoms with Crippen molar-refractivity contribution < 1.29 is 9.32 Å². The number of amides is 1. The second-order valence-corrected chi connectivity index (χ2v) is 5.66. The molecule has 25 heavy (non-hydrogen) atoms. The first kappa shape index (κ1) is 15.2. The zero-order valence-electron chi connectivity index (χ0n) is 13.6. The molecule has 4 rings (SSSR count). The van der Waals surface area contributed by atoms with Crippen LogP contribution >= 0.6 is 0 Å². The average molecular weight is 340 g/mol. The Hall–Kier alpha value is -3.30. The first-order valence-electron chi connectivity index (χ1n) is 7.86. The summed E-state index contributed by atoms with van der Waals surface area (Å²) < 4.78 is 6.52. The monoisotopic (exact) mass is 340 g/mol. The van der Waals surface area contributed by atoms with Crippen molar-refractivity contribution >= 4 is 11.7 Å². The molecule has 0 aromatic carbocycles. The lowest BCUT2D eigenvalue weighted by atomic mass is 10.2. The largest absolute Gasteiger partial charge is 0.361 e. The molecule has 4 heterocycles. The summed E-state index contributed by atoms with van der Waals surface area (Å²) in [6.45, 7) is 4.33. The number of aryl methyl sites for hydroxylation is 1. The molecule has 0 unspecified atom stereocenters. The van der Waals surface area contributed by atoms with Crippen LogP contribution in [0.3, 0.4) is 0 Å². The van der Waals surface area contributed by atoms with Crippen LogP contribution in [-0.4, -0.2) is 67.1 Å². The van der Waals surface area contributed by atoms with E-state index in [4.69, 9.17) is 4.52 Å². The van der Waals surface area contributed by atoms with Crippen LogP contribution in [0.15, 0.2) is 35.5 Å². The van der Waals surface area contributed by atoms with Gasteiger partial charge in [0.15, 0.2) is 11.6 Å². The summed E-state index contributed by atoms with van der Waals surface area (Å²) in [6, 6.07) is 3.74. The van der Waals surface area contributed by atoms with E-state index < -0.39 is 0 Å². The van der Waals surface area contributed by atoms with E-state index in [9.17, 15) is 4.79 Å². The molecule has 0 spiro atoms. The smallest absolute Gasteiger partial charge is 0.259 e. The topological polar surface area (TPSA) is 106 Å². The summed E-state index contributed by atoms with van der Waals surface area (Å²) in [5.74, 6) is 1.88. The average Bonchev–Trinajstić information content (AvgIpc) is 3.33. The van der Waals surface area contributed by atoms with Crippen molar-refractivity contribution in [2.75, 3.05) is 31.1 Å². The highest BCUT2D eigenvalue weighted by atomic mass is 16.5. The lowest BCUT2D eigenvalue weighted by molar-refractivity contribution is 0.0744. The van der Waals surface area contributed by atoms with Gasteiger partial charge in [-0.2, -0.15) is 5.10 Å². The lowest BCUT2D eigenvalue weighted by Gasteiger charge is -2.35. The number of nitrogens with zero attached hydrogens (tertiary/aromatic N) is 8. The minimum absolute atomic E-state index is 0.0500. The Kier molecular flexibility index (Phi) is 3.84. The number of carbonyl (C=O) groups excluding carboxylic acids is 1. The molecule has 1 amide bonds. The Morgan fingerprint density at radius 3 is 2.48 bits per heavy atom. The van der Waals surface area contributed by atoms with Gasteiger partial charge >= 0.3 is 0 Å². The Balaban J connectivity index is 1.40. The molecule has 0 bridgehead atoms. The van der Waals surface area contributed by atoms with E-state index in [0.29, 0.717) is 43.3 Å². The fourth-order valence-electron chi connectivity index (χ4n) is 2.75. The Morgan fingerprint density at radius 2 is 1.88 bits per heavy atom. The fraction of sp³-hybridized carbons (Fsp3) is 0.333. The summed E-state index contributed by atoms with van der Waals surface area (Å²) >= 11 is 0. The summed E-state index contributed by atoms with van der Waals surface area (Å²) in [5, 5.41) is 16.1. The number of anilines is 1. The van der Waals surface area contributed by atoms with Crippen molar-refractivity contribution in [3.8, 4) is 5.82 Å². The lowest BCUT2D eigenvalue weighted by Crippen LogP contribution is -2.49. The predicted octanol–water partition coefficient (Wildman–Crippen LogP) is 0.316. The Bertz CT molecular complexity index is 850. The highest BCUT2D eigenvalue weighted by molar-refractivity contribution is 5.94. The van der Waals surface area contributed by atoms with E-state index in [1.54, 1.807) is 22.8 Å². The zero-order chi connectivity index (χ0) is 17.2. The molecule has 0 N–H and O–H groups in total. The maximum Gasteiger partial charge on any atom is 0.259 e. The molecule has 10 heteroatoms. The van der Waals surface area contributed by atoms with Gasteiger partial charge in [-0.3, -0.25) is 4.79 Å². The first-order valence-corrected chi connectivity index (χ1v) is 7.86. The molecule has 0 aliphatic carbocycles. The number of hydrogen-bond donors (Lipinski definition) is 0. The molecule has 0 saturated carbocycles. The van der Waals surface area contributed by atoms with Crippen molar-refractivity contribution in [2.24, 2.45) is 0 Å². The van der Waals surface area contributed by atoms with Gasteiger partial charge in [0.25, 0.3) is 5.91 Å². The van der Waals surface area contributed by atoms with Gasteiger partial charge in [0, 0.05) is 26.2 Å². The van der Waals surface area contributed by atoms with Crippen LogP contribution in [0.5, 0.6) is 0 Å². The van der Waals surface area contributed by atoms with Crippen LogP contribution in [0, 0.1) is 6.92 Å². The van der Waals surface area contributed by atoms with E-state index in [1.807, 2.05) is 12.1 Å². The zero-order valence-corrected chi connectivity index (χ0v) is 13.6. The number of hydrogen-bond acceptors (Lipinski definition) is 8. The Morgan fingerprint density at radius 1 is 1.12 bits per heavy atom. The minimum Gasteiger partial charge on any atom is -0.361 e. The molecular weight excluding hydrogens is 324 g/mol. The summed E-state index contributed by atoms with van der Waals surface area (Å²) in [7, 11) is 0. The van der Waals surface area contributed by atoms with Gasteiger partial charge in [-0.25, -0.2) is 9.67 Å². The van der Waals surface area contributed by atoms with Gasteiger partial charge in [-0.15, -0.1) is 10.2 Å². The molecule has 3 aromatic rings. The van der Waals surface area contributed by atoms with Crippen LogP contribution < -0.4 is 4.90 Å². The quantitative estimate of drug-likeness (QED) is 0.671. The molecule has 10 nitrogen and oxygen atoms in total. The third-order valence-corrected chi connectivity index (χ3v) is 4.16. The second-order valence-electron chi connectivity index (χ2n) is 5.66. The van der Waals surface area contributed by atoms with Crippen molar-refractivity contribution in [3.63, 3.8) is 0 Å². The predicted molar refractivity (Wildman–Crippen MR) is 86.3 cm³/mol. The van der Waals surface area contributed by atoms with Crippen LogP contribution in [-0.2, 0) is 0 Å². The van der Waals surface area contributed by atoms with Gasteiger partial charge in [0.05, 0.1) is 6.20 Å². The number of carbonyl (C=O) groups is 1. The standard InChI is InChI=1S/C15H16N8O2/c1-11-12(8-18-25-11)15(24)22-6-4-21(5-7-22)13-2-3-14(20-19-13)23-10-16-9-17-23/h2-3,8-10H,4-7H2,1H3. The van der Waals surface area contributed by atoms with Gasteiger partial charge in [0.2, 0.25) is 0 Å². The summed E-state index contributed by atoms with van der Waals surface area (Å²) in [6.07, 6.45) is 4.49. The van der Waals surface area contributed by atoms with Crippen LogP contribution in [0.2, 0.25) is 0 Å². The molecule has 1 saturated heterocycles. The first-order chi connectivity index (χ1) is 12.2. The van der Waals surface area contributed by atoms with E-state index in [1.165, 1.54) is 12.5 Å². The minimum atomic E-state index is -0.0500. The van der Waals surface area contributed by atoms with Crippen molar-refractivity contribution in [1.29, 1.82) is 0 Å². The molecule has 3 aromatic heterocycles. The van der Waals surface area contributed by atoms with Crippen LogP contribution in [0.25, 0.3) is 5.82 Å². The van der Waals surface area contributed by atoms with Crippen LogP contribution in [0.4, 0.5) is 5.82 Å². The second kappa shape index (κ2) is 6.30. The molecule has 0 radical (unpaired) electrons. The number of aromatic nitrogens is 6. The summed E-state index contributed by atoms with van der Waals surface area (Å²) in [4.78, 5) is 20.3. The Labute approximate surface area is 143 Å². The molecule has 1 aliphatic rings. The summed E-state index contributed by atoms with van der Waals surface area (Å²) in [5.41, 5.74) is 0.519. The van der Waals surface area contributed by atoms with Gasteiger partial charge < -0.3 is 14.3 Å². The van der Waals surface area contributed by atoms with Crippen LogP contribution in [0.1, 0.15) is 16.1 Å². The highest BCUT2D eigenvalue weighted by Gasteiger charge is 2.25. The van der Waals surface area contributed by atoms with E-state index in [-0.39, 0.29) is 5.91 Å². The third-order valence-electron chi connectivity index (χ3n) is 4.16. The number of piperazine rings is 1. The molecule has 1 aliphatic heterocycles. The van der Waals surface area contributed by atoms with Crippen molar-refractivity contribution in [2.45, 2.75) is 6.92 Å². The fourth-order valence-corrected chi connectivity index (χ4v) is 2.75. The maximum atomic E-state index is 12.5. The molecule has 0 atom stereocenters. The van der Waals surface area contributed by atoms with Crippen molar-refractivity contribution in [3.05, 3.63) is 42.3 Å². The van der Waals surface area contributed by atoms with E-state index in [2.05, 4.69) is 30.3 Å². The normalized spacial score (nSPS) is 14.8. The van der Waals surface area contributed by atoms with Gasteiger partial charge in [-0.05, 0) is 19.1 Å². The van der Waals surface area contributed by atoms with E-state index >= 15 is 0 Å². The molecular formula is C15H16N8O2. The molecule has 1 fully saturated rings. The SMILES string of the molecule is Cc1oncc1C(=O)N1CCN(c2ccc(-n3cncn3)nn2)CC1. The molecule has 128 valence electrons. The van der Waals surface area contributed by atoms with Gasteiger partial charge in [0.1, 0.15) is 24.0 Å². The van der Waals surface area contributed by atoms with Crippen molar-refractivity contribution in [1.82, 2.24) is 35.0 Å². The van der Waals surface area contributed by atoms with E-state index in [0.717, 1.165) is 5.82 Å².